The summed E-state index contributed by atoms with van der Waals surface area (Å²) in [6.45, 7) is 9.02. The van der Waals surface area contributed by atoms with Gasteiger partial charge in [0, 0.05) is 43.7 Å². The van der Waals surface area contributed by atoms with Crippen LogP contribution >= 0.6 is 0 Å². The molecule has 1 heterocycles. The van der Waals surface area contributed by atoms with Gasteiger partial charge in [0.25, 0.3) is 0 Å². The molecule has 0 aliphatic carbocycles. The number of amides is 2. The first kappa shape index (κ1) is 18.6. The molecule has 1 saturated heterocycles. The van der Waals surface area contributed by atoms with Crippen molar-refractivity contribution in [2.24, 2.45) is 0 Å². The molecular weight excluding hydrogens is 300 g/mol. The van der Waals surface area contributed by atoms with E-state index in [2.05, 4.69) is 53.9 Å². The second-order valence-electron chi connectivity index (χ2n) is 7.99. The number of carbonyl (C=O) groups is 1. The highest BCUT2D eigenvalue weighted by molar-refractivity contribution is 5.74. The molecule has 0 bridgehead atoms. The van der Waals surface area contributed by atoms with E-state index in [4.69, 9.17) is 0 Å². The molecule has 0 radical (unpaired) electrons. The Labute approximate surface area is 146 Å². The Bertz CT molecular complexity index is 527. The van der Waals surface area contributed by atoms with Crippen LogP contribution in [-0.4, -0.2) is 45.3 Å². The minimum atomic E-state index is -0.215. The Balaban J connectivity index is 2.06. The Hall–Kier alpha value is -1.75. The maximum absolute atomic E-state index is 12.1. The maximum atomic E-state index is 12.1. The predicted octanol–water partition coefficient (Wildman–Crippen LogP) is 1.57. The molecule has 134 valence electrons. The molecule has 0 unspecified atom stereocenters. The van der Waals surface area contributed by atoms with Crippen LogP contribution in [0.3, 0.4) is 0 Å². The summed E-state index contributed by atoms with van der Waals surface area (Å²) in [5, 5.41) is 6.05. The lowest BCUT2D eigenvalue weighted by molar-refractivity contribution is -0.918. The molecular formula is C19H33N4O+. The molecule has 0 saturated carbocycles. The number of benzene rings is 1. The number of likely N-dealkylation sites (tertiary alicyclic amines) is 1. The van der Waals surface area contributed by atoms with Crippen LogP contribution in [0.15, 0.2) is 24.3 Å². The molecule has 2 amide bonds. The summed E-state index contributed by atoms with van der Waals surface area (Å²) in [6, 6.07) is 8.95. The molecule has 1 fully saturated rings. The third-order valence-electron chi connectivity index (χ3n) is 4.51. The average molecular weight is 334 g/mol. The van der Waals surface area contributed by atoms with E-state index in [0.29, 0.717) is 12.6 Å². The highest BCUT2D eigenvalue weighted by atomic mass is 16.2. The second kappa shape index (κ2) is 7.88. The normalized spacial score (nSPS) is 16.7. The third kappa shape index (κ3) is 5.41. The van der Waals surface area contributed by atoms with Gasteiger partial charge in [-0.2, -0.15) is 0 Å². The highest BCUT2D eigenvalue weighted by Crippen LogP contribution is 2.17. The van der Waals surface area contributed by atoms with Gasteiger partial charge in [0.05, 0.1) is 19.6 Å². The van der Waals surface area contributed by atoms with Crippen LogP contribution in [0, 0.1) is 0 Å². The number of nitrogens with one attached hydrogen (secondary N) is 3. The van der Waals surface area contributed by atoms with Crippen molar-refractivity contribution in [3.8, 4) is 0 Å². The zero-order chi connectivity index (χ0) is 17.7. The molecule has 24 heavy (non-hydrogen) atoms. The van der Waals surface area contributed by atoms with Gasteiger partial charge in [-0.25, -0.2) is 4.79 Å². The van der Waals surface area contributed by atoms with Crippen molar-refractivity contribution >= 4 is 11.7 Å². The predicted molar refractivity (Wildman–Crippen MR) is 99.7 cm³/mol. The van der Waals surface area contributed by atoms with Gasteiger partial charge in [-0.05, 0) is 32.9 Å². The molecule has 5 heteroatoms. The summed E-state index contributed by atoms with van der Waals surface area (Å²) in [5.74, 6) is 0. The summed E-state index contributed by atoms with van der Waals surface area (Å²) >= 11 is 0. The smallest absolute Gasteiger partial charge is 0.315 e. The van der Waals surface area contributed by atoms with Gasteiger partial charge in [0.2, 0.25) is 0 Å². The second-order valence-corrected chi connectivity index (χ2v) is 7.99. The number of carbonyl (C=O) groups excluding carboxylic acids is 1. The fourth-order valence-corrected chi connectivity index (χ4v) is 3.26. The van der Waals surface area contributed by atoms with E-state index in [0.717, 1.165) is 0 Å². The first-order valence-corrected chi connectivity index (χ1v) is 8.94. The van der Waals surface area contributed by atoms with Crippen LogP contribution < -0.4 is 20.4 Å². The average Bonchev–Trinajstić information content (AvgIpc) is 3.00. The molecule has 0 spiro atoms. The van der Waals surface area contributed by atoms with Gasteiger partial charge in [-0.3, -0.25) is 0 Å². The zero-order valence-electron chi connectivity index (χ0n) is 15.8. The minimum Gasteiger partial charge on any atom is -0.378 e. The van der Waals surface area contributed by atoms with Crippen molar-refractivity contribution in [2.45, 2.75) is 45.2 Å². The van der Waals surface area contributed by atoms with Crippen molar-refractivity contribution in [1.29, 1.82) is 0 Å². The van der Waals surface area contributed by atoms with Crippen LogP contribution in [0.5, 0.6) is 0 Å². The Morgan fingerprint density at radius 3 is 2.25 bits per heavy atom. The van der Waals surface area contributed by atoms with Crippen molar-refractivity contribution < 1.29 is 9.69 Å². The molecule has 1 aliphatic rings. The Kier molecular flexibility index (Phi) is 6.10. The van der Waals surface area contributed by atoms with E-state index in [1.165, 1.54) is 37.2 Å². The van der Waals surface area contributed by atoms with E-state index in [9.17, 15) is 4.79 Å². The molecule has 0 aromatic heterocycles. The molecule has 5 nitrogen and oxygen atoms in total. The van der Waals surface area contributed by atoms with E-state index < -0.39 is 0 Å². The lowest BCUT2D eigenvalue weighted by Gasteiger charge is -2.27. The molecule has 2 rings (SSSR count). The maximum Gasteiger partial charge on any atom is 0.315 e. The number of quaternary nitrogens is 1. The number of nitrogens with zero attached hydrogens (tertiary/aromatic N) is 1. The zero-order valence-corrected chi connectivity index (χ0v) is 15.8. The molecule has 1 aromatic carbocycles. The quantitative estimate of drug-likeness (QED) is 0.766. The van der Waals surface area contributed by atoms with Crippen LogP contribution in [-0.2, 0) is 0 Å². The standard InChI is InChI=1S/C19H32N4O/c1-19(2,3)21-18(24)20-14-17(23-12-6-7-13-23)15-8-10-16(11-9-15)22(4)5/h8-11,17H,6-7,12-14H2,1-5H3,(H2,20,21,24)/p+1/t17-/m0/s1. The van der Waals surface area contributed by atoms with Crippen LogP contribution in [0.2, 0.25) is 0 Å². The SMILES string of the molecule is CN(C)c1ccc([C@H](CNC(=O)NC(C)(C)C)[NH+]2CCCC2)cc1. The van der Waals surface area contributed by atoms with Gasteiger partial charge in [-0.15, -0.1) is 0 Å². The van der Waals surface area contributed by atoms with Crippen LogP contribution in [0.4, 0.5) is 10.5 Å². The summed E-state index contributed by atoms with van der Waals surface area (Å²) in [6.07, 6.45) is 2.55. The summed E-state index contributed by atoms with van der Waals surface area (Å²) < 4.78 is 0. The van der Waals surface area contributed by atoms with E-state index >= 15 is 0 Å². The van der Waals surface area contributed by atoms with Crippen molar-refractivity contribution in [2.75, 3.05) is 38.6 Å². The van der Waals surface area contributed by atoms with Gasteiger partial charge >= 0.3 is 6.03 Å². The molecule has 1 atom stereocenters. The van der Waals surface area contributed by atoms with Gasteiger partial charge in [0.15, 0.2) is 0 Å². The van der Waals surface area contributed by atoms with Crippen molar-refractivity contribution in [3.05, 3.63) is 29.8 Å². The van der Waals surface area contributed by atoms with Gasteiger partial charge in [-0.1, -0.05) is 12.1 Å². The summed E-state index contributed by atoms with van der Waals surface area (Å²) in [4.78, 5) is 15.8. The first-order chi connectivity index (χ1) is 11.3. The monoisotopic (exact) mass is 333 g/mol. The van der Waals surface area contributed by atoms with E-state index in [1.54, 1.807) is 4.90 Å². The number of hydrogen-bond donors (Lipinski definition) is 3. The fraction of sp³-hybridized carbons (Fsp3) is 0.632. The number of rotatable bonds is 5. The number of anilines is 1. The molecule has 1 aliphatic heterocycles. The van der Waals surface area contributed by atoms with E-state index in [-0.39, 0.29) is 11.6 Å². The largest absolute Gasteiger partial charge is 0.378 e. The Morgan fingerprint density at radius 1 is 1.17 bits per heavy atom. The Morgan fingerprint density at radius 2 is 1.75 bits per heavy atom. The lowest BCUT2D eigenvalue weighted by atomic mass is 10.0. The topological polar surface area (TPSA) is 48.8 Å². The lowest BCUT2D eigenvalue weighted by Crippen LogP contribution is -3.11. The van der Waals surface area contributed by atoms with Crippen LogP contribution in [0.1, 0.15) is 45.2 Å². The van der Waals surface area contributed by atoms with E-state index in [1.807, 2.05) is 20.8 Å². The minimum absolute atomic E-state index is 0.0870. The first-order valence-electron chi connectivity index (χ1n) is 8.94. The van der Waals surface area contributed by atoms with Gasteiger partial charge < -0.3 is 20.4 Å². The molecule has 1 aromatic rings. The van der Waals surface area contributed by atoms with Crippen molar-refractivity contribution in [3.63, 3.8) is 0 Å². The number of hydrogen-bond acceptors (Lipinski definition) is 2. The fourth-order valence-electron chi connectivity index (χ4n) is 3.26. The van der Waals surface area contributed by atoms with Crippen molar-refractivity contribution in [1.82, 2.24) is 10.6 Å². The molecule has 3 N–H and O–H groups in total. The van der Waals surface area contributed by atoms with Crippen LogP contribution in [0.25, 0.3) is 0 Å². The highest BCUT2D eigenvalue weighted by Gasteiger charge is 2.28. The summed E-state index contributed by atoms with van der Waals surface area (Å²) in [5.41, 5.74) is 2.29. The number of urea groups is 1. The van der Waals surface area contributed by atoms with Gasteiger partial charge in [0.1, 0.15) is 6.04 Å². The summed E-state index contributed by atoms with van der Waals surface area (Å²) in [7, 11) is 4.10. The third-order valence-corrected chi connectivity index (χ3v) is 4.51.